The zero-order chi connectivity index (χ0) is 14.5. The Morgan fingerprint density at radius 2 is 1.35 bits per heavy atom. The summed E-state index contributed by atoms with van der Waals surface area (Å²) in [5.41, 5.74) is 2.71. The third kappa shape index (κ3) is 3.14. The second-order valence-electron chi connectivity index (χ2n) is 4.23. The Bertz CT molecular complexity index is 615. The van der Waals surface area contributed by atoms with E-state index in [1.165, 1.54) is 7.11 Å². The lowest BCUT2D eigenvalue weighted by molar-refractivity contribution is 0.0600. The summed E-state index contributed by atoms with van der Waals surface area (Å²) in [4.78, 5) is 23.6. The smallest absolute Gasteiger partial charge is 0.337 e. The van der Waals surface area contributed by atoms with E-state index in [1.54, 1.807) is 36.4 Å². The summed E-state index contributed by atoms with van der Waals surface area (Å²) in [6.07, 6.45) is 0. The van der Waals surface area contributed by atoms with Crippen LogP contribution in [0.2, 0.25) is 0 Å². The van der Waals surface area contributed by atoms with E-state index in [0.29, 0.717) is 16.7 Å². The van der Waals surface area contributed by atoms with Crippen LogP contribution < -0.4 is 0 Å². The van der Waals surface area contributed by atoms with Crippen LogP contribution in [0, 0.1) is 0 Å². The van der Waals surface area contributed by atoms with Crippen molar-refractivity contribution in [3.05, 3.63) is 70.8 Å². The third-order valence-electron chi connectivity index (χ3n) is 2.94. The van der Waals surface area contributed by atoms with Crippen LogP contribution in [-0.2, 0) is 10.1 Å². The van der Waals surface area contributed by atoms with Crippen LogP contribution >= 0.6 is 15.9 Å². The Labute approximate surface area is 125 Å². The van der Waals surface area contributed by atoms with Gasteiger partial charge in [-0.15, -0.1) is 0 Å². The Morgan fingerprint density at radius 3 is 1.80 bits per heavy atom. The van der Waals surface area contributed by atoms with E-state index < -0.39 is 5.97 Å². The standard InChI is InChI=1S/C16H13BrO3/c1-20-16(19)14-8-6-13(7-9-14)15(18)12-4-2-11(10-17)3-5-12/h2-9H,10H2,1H3. The summed E-state index contributed by atoms with van der Waals surface area (Å²) in [7, 11) is 1.33. The summed E-state index contributed by atoms with van der Waals surface area (Å²) in [5.74, 6) is -0.479. The highest BCUT2D eigenvalue weighted by molar-refractivity contribution is 9.08. The number of rotatable bonds is 4. The molecule has 2 rings (SSSR count). The van der Waals surface area contributed by atoms with E-state index in [9.17, 15) is 9.59 Å². The summed E-state index contributed by atoms with van der Waals surface area (Å²) in [6.45, 7) is 0. The van der Waals surface area contributed by atoms with Crippen LogP contribution in [0.3, 0.4) is 0 Å². The first kappa shape index (κ1) is 14.5. The number of halogens is 1. The largest absolute Gasteiger partial charge is 0.465 e. The van der Waals surface area contributed by atoms with E-state index in [2.05, 4.69) is 20.7 Å². The molecule has 0 spiro atoms. The van der Waals surface area contributed by atoms with Gasteiger partial charge in [-0.25, -0.2) is 4.79 Å². The maximum atomic E-state index is 12.3. The fourth-order valence-corrected chi connectivity index (χ4v) is 2.16. The molecule has 4 heteroatoms. The minimum Gasteiger partial charge on any atom is -0.465 e. The molecule has 20 heavy (non-hydrogen) atoms. The highest BCUT2D eigenvalue weighted by Gasteiger charge is 2.10. The first-order valence-electron chi connectivity index (χ1n) is 6.03. The number of hydrogen-bond donors (Lipinski definition) is 0. The molecule has 2 aromatic carbocycles. The fourth-order valence-electron chi connectivity index (χ4n) is 1.79. The van der Waals surface area contributed by atoms with Gasteiger partial charge in [-0.2, -0.15) is 0 Å². The topological polar surface area (TPSA) is 43.4 Å². The van der Waals surface area contributed by atoms with E-state index in [4.69, 9.17) is 0 Å². The molecule has 0 aliphatic rings. The van der Waals surface area contributed by atoms with Gasteiger partial charge in [0.15, 0.2) is 5.78 Å². The second-order valence-corrected chi connectivity index (χ2v) is 4.79. The maximum Gasteiger partial charge on any atom is 0.337 e. The highest BCUT2D eigenvalue weighted by Crippen LogP contribution is 2.14. The molecule has 0 N–H and O–H groups in total. The van der Waals surface area contributed by atoms with Crippen molar-refractivity contribution in [1.29, 1.82) is 0 Å². The lowest BCUT2D eigenvalue weighted by Gasteiger charge is -2.04. The van der Waals surface area contributed by atoms with Crippen molar-refractivity contribution in [1.82, 2.24) is 0 Å². The van der Waals surface area contributed by atoms with Crippen molar-refractivity contribution in [3.8, 4) is 0 Å². The number of carbonyl (C=O) groups excluding carboxylic acids is 2. The third-order valence-corrected chi connectivity index (χ3v) is 3.59. The zero-order valence-electron chi connectivity index (χ0n) is 10.9. The number of methoxy groups -OCH3 is 1. The van der Waals surface area contributed by atoms with E-state index in [0.717, 1.165) is 10.9 Å². The molecule has 0 atom stereocenters. The molecule has 3 nitrogen and oxygen atoms in total. The van der Waals surface area contributed by atoms with E-state index in [-0.39, 0.29) is 5.78 Å². The van der Waals surface area contributed by atoms with Crippen molar-refractivity contribution in [3.63, 3.8) is 0 Å². The number of ether oxygens (including phenoxy) is 1. The molecule has 0 unspecified atom stereocenters. The lowest BCUT2D eigenvalue weighted by atomic mass is 10.0. The molecule has 0 fully saturated rings. The Hall–Kier alpha value is -1.94. The molecule has 0 heterocycles. The van der Waals surface area contributed by atoms with Crippen LogP contribution in [0.5, 0.6) is 0 Å². The number of ketones is 1. The molecule has 102 valence electrons. The SMILES string of the molecule is COC(=O)c1ccc(C(=O)c2ccc(CBr)cc2)cc1. The quantitative estimate of drug-likeness (QED) is 0.488. The first-order chi connectivity index (χ1) is 9.65. The average molecular weight is 333 g/mol. The predicted octanol–water partition coefficient (Wildman–Crippen LogP) is 3.60. The van der Waals surface area contributed by atoms with Gasteiger partial charge < -0.3 is 4.74 Å². The summed E-state index contributed by atoms with van der Waals surface area (Å²) in [5, 5.41) is 0.759. The molecular weight excluding hydrogens is 320 g/mol. The fraction of sp³-hybridized carbons (Fsp3) is 0.125. The van der Waals surface area contributed by atoms with Gasteiger partial charge in [0.2, 0.25) is 0 Å². The van der Waals surface area contributed by atoms with Gasteiger partial charge >= 0.3 is 5.97 Å². The monoisotopic (exact) mass is 332 g/mol. The minimum atomic E-state index is -0.411. The van der Waals surface area contributed by atoms with E-state index >= 15 is 0 Å². The molecule has 0 bridgehead atoms. The summed E-state index contributed by atoms with van der Waals surface area (Å²) in [6, 6.07) is 13.9. The second kappa shape index (κ2) is 6.48. The van der Waals surface area contributed by atoms with E-state index in [1.807, 2.05) is 12.1 Å². The lowest BCUT2D eigenvalue weighted by Crippen LogP contribution is -2.04. The van der Waals surface area contributed by atoms with Gasteiger partial charge in [0.1, 0.15) is 0 Å². The van der Waals surface area contributed by atoms with Gasteiger partial charge in [-0.05, 0) is 17.7 Å². The van der Waals surface area contributed by atoms with Crippen LogP contribution in [0.4, 0.5) is 0 Å². The normalized spacial score (nSPS) is 10.1. The van der Waals surface area contributed by atoms with Crippen molar-refractivity contribution in [2.75, 3.05) is 7.11 Å². The Balaban J connectivity index is 2.22. The van der Waals surface area contributed by atoms with Gasteiger partial charge in [0.05, 0.1) is 12.7 Å². The van der Waals surface area contributed by atoms with Gasteiger partial charge in [-0.1, -0.05) is 52.3 Å². The Kier molecular flexibility index (Phi) is 4.69. The van der Waals surface area contributed by atoms with Crippen LogP contribution in [0.25, 0.3) is 0 Å². The van der Waals surface area contributed by atoms with Crippen molar-refractivity contribution >= 4 is 27.7 Å². The molecule has 0 aliphatic heterocycles. The number of alkyl halides is 1. The minimum absolute atomic E-state index is 0.0671. The molecule has 0 aromatic heterocycles. The molecule has 0 saturated heterocycles. The molecule has 2 aromatic rings. The molecule has 0 saturated carbocycles. The predicted molar refractivity (Wildman–Crippen MR) is 80.3 cm³/mol. The van der Waals surface area contributed by atoms with Crippen molar-refractivity contribution in [2.45, 2.75) is 5.33 Å². The highest BCUT2D eigenvalue weighted by atomic mass is 79.9. The molecule has 0 aliphatic carbocycles. The maximum absolute atomic E-state index is 12.3. The van der Waals surface area contributed by atoms with Crippen molar-refractivity contribution in [2.24, 2.45) is 0 Å². The number of esters is 1. The van der Waals surface area contributed by atoms with Crippen molar-refractivity contribution < 1.29 is 14.3 Å². The molecular formula is C16H13BrO3. The van der Waals surface area contributed by atoms with Crippen LogP contribution in [-0.4, -0.2) is 18.9 Å². The zero-order valence-corrected chi connectivity index (χ0v) is 12.5. The summed E-state index contributed by atoms with van der Waals surface area (Å²) >= 11 is 3.36. The summed E-state index contributed by atoms with van der Waals surface area (Å²) < 4.78 is 4.62. The van der Waals surface area contributed by atoms with Gasteiger partial charge in [0, 0.05) is 16.5 Å². The van der Waals surface area contributed by atoms with Gasteiger partial charge in [-0.3, -0.25) is 4.79 Å². The molecule has 0 radical (unpaired) electrons. The van der Waals surface area contributed by atoms with Crippen LogP contribution in [0.15, 0.2) is 48.5 Å². The average Bonchev–Trinajstić information content (AvgIpc) is 2.53. The van der Waals surface area contributed by atoms with Crippen LogP contribution in [0.1, 0.15) is 31.8 Å². The first-order valence-corrected chi connectivity index (χ1v) is 7.16. The number of benzene rings is 2. The Morgan fingerprint density at radius 1 is 0.900 bits per heavy atom. The molecule has 0 amide bonds. The number of carbonyl (C=O) groups is 2. The van der Waals surface area contributed by atoms with Gasteiger partial charge in [0.25, 0.3) is 0 Å². The number of hydrogen-bond acceptors (Lipinski definition) is 3.